The molecule has 33 heavy (non-hydrogen) atoms. The number of rotatable bonds is 5. The maximum atomic E-state index is 13.4. The molecule has 6 heteroatoms. The molecule has 6 nitrogen and oxygen atoms in total. The van der Waals surface area contributed by atoms with Gasteiger partial charge in [0.25, 0.3) is 0 Å². The molecule has 182 valence electrons. The van der Waals surface area contributed by atoms with E-state index in [9.17, 15) is 9.59 Å². The summed E-state index contributed by atoms with van der Waals surface area (Å²) >= 11 is 0. The monoisotopic (exact) mass is 456 g/mol. The van der Waals surface area contributed by atoms with Crippen molar-refractivity contribution in [2.24, 2.45) is 16.7 Å². The number of ether oxygens (including phenoxy) is 2. The van der Waals surface area contributed by atoms with E-state index in [2.05, 4.69) is 20.8 Å². The summed E-state index contributed by atoms with van der Waals surface area (Å²) in [6.45, 7) is 9.11. The van der Waals surface area contributed by atoms with Crippen LogP contribution in [0.4, 0.5) is 4.79 Å². The predicted molar refractivity (Wildman–Crippen MR) is 127 cm³/mol. The van der Waals surface area contributed by atoms with Crippen LogP contribution in [0.5, 0.6) is 0 Å². The normalized spacial score (nSPS) is 33.0. The van der Waals surface area contributed by atoms with Crippen molar-refractivity contribution in [2.75, 3.05) is 14.1 Å². The van der Waals surface area contributed by atoms with Gasteiger partial charge >= 0.3 is 6.09 Å². The lowest BCUT2D eigenvalue weighted by atomic mass is 9.62. The SMILES string of the molecule is C[C@H](C(=O)N(C)C)N(C(=O)OCc1ccccc1)[C@H]1CCC[C@]2(C[C@H]3CC[C@]2(C)C3(C)C)O1. The molecule has 3 aliphatic rings. The first-order valence-corrected chi connectivity index (χ1v) is 12.4. The lowest BCUT2D eigenvalue weighted by molar-refractivity contribution is -0.233. The second-order valence-electron chi connectivity index (χ2n) is 11.3. The van der Waals surface area contributed by atoms with Gasteiger partial charge in [-0.2, -0.15) is 0 Å². The van der Waals surface area contributed by atoms with Crippen molar-refractivity contribution in [1.82, 2.24) is 9.80 Å². The van der Waals surface area contributed by atoms with Crippen molar-refractivity contribution >= 4 is 12.0 Å². The largest absolute Gasteiger partial charge is 0.444 e. The van der Waals surface area contributed by atoms with Crippen molar-refractivity contribution in [3.63, 3.8) is 0 Å². The first kappa shape index (κ1) is 24.1. The third-order valence-electron chi connectivity index (χ3n) is 9.35. The van der Waals surface area contributed by atoms with E-state index in [0.717, 1.165) is 31.2 Å². The van der Waals surface area contributed by atoms with Crippen LogP contribution in [0.2, 0.25) is 0 Å². The summed E-state index contributed by atoms with van der Waals surface area (Å²) in [4.78, 5) is 29.4. The average Bonchev–Trinajstić information content (AvgIpc) is 3.10. The lowest BCUT2D eigenvalue weighted by Gasteiger charge is -2.54. The van der Waals surface area contributed by atoms with Crippen LogP contribution < -0.4 is 0 Å². The fourth-order valence-electron chi connectivity index (χ4n) is 6.90. The molecule has 2 bridgehead atoms. The Morgan fingerprint density at radius 2 is 1.82 bits per heavy atom. The fourth-order valence-corrected chi connectivity index (χ4v) is 6.90. The van der Waals surface area contributed by atoms with E-state index in [0.29, 0.717) is 12.3 Å². The Bertz CT molecular complexity index is 885. The van der Waals surface area contributed by atoms with Gasteiger partial charge in [-0.15, -0.1) is 0 Å². The molecule has 1 aromatic carbocycles. The summed E-state index contributed by atoms with van der Waals surface area (Å²) in [7, 11) is 3.43. The molecular formula is C27H40N2O4. The number of carbonyl (C=O) groups excluding carboxylic acids is 2. The third-order valence-corrected chi connectivity index (χ3v) is 9.35. The summed E-state index contributed by atoms with van der Waals surface area (Å²) in [6, 6.07) is 8.97. The Balaban J connectivity index is 1.59. The van der Waals surface area contributed by atoms with Crippen molar-refractivity contribution < 1.29 is 19.1 Å². The van der Waals surface area contributed by atoms with E-state index in [-0.39, 0.29) is 28.9 Å². The van der Waals surface area contributed by atoms with E-state index < -0.39 is 18.4 Å². The summed E-state index contributed by atoms with van der Waals surface area (Å²) in [5.74, 6) is 0.509. The average molecular weight is 457 g/mol. The molecule has 3 fully saturated rings. The van der Waals surface area contributed by atoms with E-state index in [4.69, 9.17) is 9.47 Å². The minimum Gasteiger partial charge on any atom is -0.444 e. The molecule has 2 amide bonds. The minimum atomic E-state index is -0.664. The summed E-state index contributed by atoms with van der Waals surface area (Å²) in [5, 5.41) is 0. The highest BCUT2D eigenvalue weighted by atomic mass is 16.6. The second kappa shape index (κ2) is 8.61. The Morgan fingerprint density at radius 1 is 1.12 bits per heavy atom. The smallest absolute Gasteiger partial charge is 0.412 e. The van der Waals surface area contributed by atoms with Gasteiger partial charge in [0.2, 0.25) is 5.91 Å². The molecule has 1 aromatic rings. The van der Waals surface area contributed by atoms with Crippen LogP contribution in [-0.4, -0.2) is 53.8 Å². The highest BCUT2D eigenvalue weighted by Gasteiger charge is 2.70. The number of amides is 2. The maximum Gasteiger partial charge on any atom is 0.412 e. The molecular weight excluding hydrogens is 416 g/mol. The van der Waals surface area contributed by atoms with Gasteiger partial charge in [-0.1, -0.05) is 51.1 Å². The van der Waals surface area contributed by atoms with Gasteiger partial charge in [0, 0.05) is 19.5 Å². The Kier molecular flexibility index (Phi) is 6.27. The lowest BCUT2D eigenvalue weighted by Crippen LogP contribution is -2.60. The molecule has 5 atom stereocenters. The standard InChI is InChI=1S/C27H40N2O4/c1-19(23(30)28(5)6)29(24(31)32-18-20-11-8-7-9-12-20)22-13-10-15-27(33-22)17-21-14-16-26(27,4)25(21,2)3/h7-9,11-12,19,21-22H,10,13-18H2,1-6H3/t19-,21-,22-,26-,27-/m1/s1. The number of fused-ring (bicyclic) bond motifs is 3. The zero-order valence-corrected chi connectivity index (χ0v) is 21.1. The van der Waals surface area contributed by atoms with Crippen molar-refractivity contribution in [3.8, 4) is 0 Å². The van der Waals surface area contributed by atoms with Gasteiger partial charge < -0.3 is 14.4 Å². The first-order chi connectivity index (χ1) is 15.5. The molecule has 1 spiro atoms. The van der Waals surface area contributed by atoms with Crippen LogP contribution in [0.3, 0.4) is 0 Å². The topological polar surface area (TPSA) is 59.1 Å². The van der Waals surface area contributed by atoms with E-state index in [1.165, 1.54) is 11.3 Å². The number of carbonyl (C=O) groups is 2. The molecule has 0 radical (unpaired) electrons. The second-order valence-corrected chi connectivity index (χ2v) is 11.3. The molecule has 2 saturated carbocycles. The maximum absolute atomic E-state index is 13.4. The van der Waals surface area contributed by atoms with Gasteiger partial charge in [0.1, 0.15) is 18.9 Å². The van der Waals surface area contributed by atoms with Gasteiger partial charge in [-0.05, 0) is 62.3 Å². The molecule has 0 aromatic heterocycles. The molecule has 0 N–H and O–H groups in total. The van der Waals surface area contributed by atoms with E-state index in [1.54, 1.807) is 25.9 Å². The molecule has 0 unspecified atom stereocenters. The number of hydrogen-bond acceptors (Lipinski definition) is 4. The minimum absolute atomic E-state index is 0.0672. The van der Waals surface area contributed by atoms with Crippen molar-refractivity contribution in [3.05, 3.63) is 35.9 Å². The van der Waals surface area contributed by atoms with Gasteiger partial charge in [-0.3, -0.25) is 9.69 Å². The molecule has 1 saturated heterocycles. The highest BCUT2D eigenvalue weighted by molar-refractivity contribution is 5.85. The Hall–Kier alpha value is -2.08. The van der Waals surface area contributed by atoms with Gasteiger partial charge in [0.05, 0.1) is 5.60 Å². The zero-order chi connectivity index (χ0) is 24.0. The van der Waals surface area contributed by atoms with Crippen LogP contribution >= 0.6 is 0 Å². The van der Waals surface area contributed by atoms with Crippen LogP contribution in [0.15, 0.2) is 30.3 Å². The number of benzene rings is 1. The number of hydrogen-bond donors (Lipinski definition) is 0. The first-order valence-electron chi connectivity index (χ1n) is 12.4. The van der Waals surface area contributed by atoms with E-state index >= 15 is 0 Å². The summed E-state index contributed by atoms with van der Waals surface area (Å²) < 4.78 is 12.7. The number of nitrogens with zero attached hydrogens (tertiary/aromatic N) is 2. The van der Waals surface area contributed by atoms with Crippen molar-refractivity contribution in [1.29, 1.82) is 0 Å². The molecule has 2 aliphatic carbocycles. The fraction of sp³-hybridized carbons (Fsp3) is 0.704. The summed E-state index contributed by atoms with van der Waals surface area (Å²) in [6.07, 6.45) is 5.20. The Labute approximate surface area is 198 Å². The van der Waals surface area contributed by atoms with Crippen LogP contribution in [-0.2, 0) is 20.9 Å². The van der Waals surface area contributed by atoms with Crippen LogP contribution in [0.25, 0.3) is 0 Å². The summed E-state index contributed by atoms with van der Waals surface area (Å²) in [5.41, 5.74) is 0.943. The third kappa shape index (κ3) is 3.84. The zero-order valence-electron chi connectivity index (χ0n) is 21.1. The van der Waals surface area contributed by atoms with Gasteiger partial charge in [0.15, 0.2) is 0 Å². The Morgan fingerprint density at radius 3 is 2.39 bits per heavy atom. The predicted octanol–water partition coefficient (Wildman–Crippen LogP) is 5.21. The number of likely N-dealkylation sites (N-methyl/N-ethyl adjacent to an activating group) is 1. The molecule has 1 heterocycles. The van der Waals surface area contributed by atoms with Crippen LogP contribution in [0, 0.1) is 16.7 Å². The highest BCUT2D eigenvalue weighted by Crippen LogP contribution is 2.72. The molecule has 4 rings (SSSR count). The van der Waals surface area contributed by atoms with Crippen molar-refractivity contribution in [2.45, 2.75) is 90.7 Å². The van der Waals surface area contributed by atoms with Gasteiger partial charge in [-0.25, -0.2) is 4.79 Å². The molecule has 1 aliphatic heterocycles. The quantitative estimate of drug-likeness (QED) is 0.610. The van der Waals surface area contributed by atoms with Crippen LogP contribution in [0.1, 0.15) is 71.8 Å². The van der Waals surface area contributed by atoms with E-state index in [1.807, 2.05) is 30.3 Å².